The van der Waals surface area contributed by atoms with Gasteiger partial charge in [0, 0.05) is 15.7 Å². The predicted molar refractivity (Wildman–Crippen MR) is 107 cm³/mol. The van der Waals surface area contributed by atoms with E-state index in [9.17, 15) is 9.59 Å². The number of hydrogen-bond acceptors (Lipinski definition) is 2. The molecule has 0 saturated heterocycles. The third-order valence-electron chi connectivity index (χ3n) is 4.21. The molecular weight excluding hydrogens is 394 g/mol. The second kappa shape index (κ2) is 9.50. The number of rotatable bonds is 7. The lowest BCUT2D eigenvalue weighted by atomic mass is 10.1. The molecule has 2 aromatic carbocycles. The molecule has 6 heteroatoms. The lowest BCUT2D eigenvalue weighted by Gasteiger charge is -2.14. The van der Waals surface area contributed by atoms with E-state index in [0.29, 0.717) is 6.54 Å². The van der Waals surface area contributed by atoms with Crippen LogP contribution in [0.2, 0.25) is 0 Å². The second-order valence-electron chi connectivity index (χ2n) is 6.51. The van der Waals surface area contributed by atoms with Gasteiger partial charge in [0.1, 0.15) is 6.54 Å². The Balaban J connectivity index is 1.76. The third-order valence-corrected chi connectivity index (χ3v) is 4.73. The van der Waals surface area contributed by atoms with Crippen molar-refractivity contribution in [3.63, 3.8) is 0 Å². The highest BCUT2D eigenvalue weighted by Crippen LogP contribution is 2.17. The molecule has 2 aromatic rings. The van der Waals surface area contributed by atoms with Gasteiger partial charge >= 0.3 is 0 Å². The lowest BCUT2D eigenvalue weighted by Crippen LogP contribution is -3.08. The number of nitrogens with one attached hydrogen (secondary N) is 3. The van der Waals surface area contributed by atoms with Gasteiger partial charge in [-0.25, -0.2) is 0 Å². The Morgan fingerprint density at radius 3 is 2.42 bits per heavy atom. The summed E-state index contributed by atoms with van der Waals surface area (Å²) in [6, 6.07) is 13.8. The minimum atomic E-state index is -0.224. The first kappa shape index (κ1) is 20.1. The SMILES string of the molecule is Cc1cccc(NC(=O)CNC(=O)C[NH+](C)Cc2ccc(Br)cc2)c1C. The van der Waals surface area contributed by atoms with Crippen molar-refractivity contribution in [3.05, 3.63) is 63.6 Å². The van der Waals surface area contributed by atoms with Gasteiger partial charge in [-0.15, -0.1) is 0 Å². The summed E-state index contributed by atoms with van der Waals surface area (Å²) in [6.07, 6.45) is 0. The van der Waals surface area contributed by atoms with Gasteiger partial charge in [-0.2, -0.15) is 0 Å². The first-order chi connectivity index (χ1) is 12.3. The van der Waals surface area contributed by atoms with Crippen molar-refractivity contribution in [1.82, 2.24) is 5.32 Å². The van der Waals surface area contributed by atoms with Crippen molar-refractivity contribution in [1.29, 1.82) is 0 Å². The molecule has 1 atom stereocenters. The number of likely N-dealkylation sites (N-methyl/N-ethyl adjacent to an activating group) is 1. The fourth-order valence-corrected chi connectivity index (χ4v) is 2.87. The first-order valence-corrected chi connectivity index (χ1v) is 9.33. The molecule has 138 valence electrons. The number of carbonyl (C=O) groups is 2. The number of quaternary nitrogens is 1. The van der Waals surface area contributed by atoms with Gasteiger partial charge in [-0.3, -0.25) is 9.59 Å². The highest BCUT2D eigenvalue weighted by atomic mass is 79.9. The number of anilines is 1. The second-order valence-corrected chi connectivity index (χ2v) is 7.43. The zero-order chi connectivity index (χ0) is 19.1. The van der Waals surface area contributed by atoms with Crippen LogP contribution in [-0.4, -0.2) is 32.0 Å². The smallest absolute Gasteiger partial charge is 0.275 e. The molecule has 3 N–H and O–H groups in total. The van der Waals surface area contributed by atoms with Crippen LogP contribution in [0.1, 0.15) is 16.7 Å². The number of aryl methyl sites for hydroxylation is 1. The number of carbonyl (C=O) groups excluding carboxylic acids is 2. The summed E-state index contributed by atoms with van der Waals surface area (Å²) in [5.74, 6) is -0.367. The van der Waals surface area contributed by atoms with Crippen molar-refractivity contribution >= 4 is 33.4 Å². The summed E-state index contributed by atoms with van der Waals surface area (Å²) in [5.41, 5.74) is 4.09. The molecule has 0 spiro atoms. The van der Waals surface area contributed by atoms with E-state index >= 15 is 0 Å². The van der Waals surface area contributed by atoms with Crippen LogP contribution in [0, 0.1) is 13.8 Å². The highest BCUT2D eigenvalue weighted by Gasteiger charge is 2.12. The Bertz CT molecular complexity index is 775. The monoisotopic (exact) mass is 418 g/mol. The van der Waals surface area contributed by atoms with Crippen molar-refractivity contribution < 1.29 is 14.5 Å². The fraction of sp³-hybridized carbons (Fsp3) is 0.300. The van der Waals surface area contributed by atoms with Crippen LogP contribution in [0.15, 0.2) is 46.9 Å². The average molecular weight is 419 g/mol. The molecular formula is C20H25BrN3O2+. The molecule has 0 bridgehead atoms. The largest absolute Gasteiger partial charge is 0.342 e. The first-order valence-electron chi connectivity index (χ1n) is 8.53. The molecule has 5 nitrogen and oxygen atoms in total. The molecule has 0 aliphatic heterocycles. The molecule has 0 saturated carbocycles. The van der Waals surface area contributed by atoms with Crippen LogP contribution < -0.4 is 15.5 Å². The van der Waals surface area contributed by atoms with Crippen molar-refractivity contribution in [3.8, 4) is 0 Å². The average Bonchev–Trinajstić information content (AvgIpc) is 2.59. The van der Waals surface area contributed by atoms with Crippen LogP contribution in [-0.2, 0) is 16.1 Å². The number of benzene rings is 2. The van der Waals surface area contributed by atoms with Gasteiger partial charge in [0.2, 0.25) is 5.91 Å². The zero-order valence-corrected chi connectivity index (χ0v) is 16.9. The van der Waals surface area contributed by atoms with Crippen molar-refractivity contribution in [2.45, 2.75) is 20.4 Å². The maximum Gasteiger partial charge on any atom is 0.275 e. The van der Waals surface area contributed by atoms with Crippen molar-refractivity contribution in [2.75, 3.05) is 25.5 Å². The molecule has 0 aromatic heterocycles. The molecule has 0 fully saturated rings. The summed E-state index contributed by atoms with van der Waals surface area (Å²) in [6.45, 7) is 4.99. The molecule has 1 unspecified atom stereocenters. The Hall–Kier alpha value is -2.18. The molecule has 0 aliphatic carbocycles. The van der Waals surface area contributed by atoms with Crippen molar-refractivity contribution in [2.24, 2.45) is 0 Å². The summed E-state index contributed by atoms with van der Waals surface area (Å²) in [4.78, 5) is 25.2. The molecule has 0 heterocycles. The maximum absolute atomic E-state index is 12.1. The number of hydrogen-bond donors (Lipinski definition) is 3. The molecule has 2 rings (SSSR count). The van der Waals surface area contributed by atoms with E-state index in [0.717, 1.165) is 38.3 Å². The van der Waals surface area contributed by atoms with E-state index in [1.54, 1.807) is 0 Å². The van der Waals surface area contributed by atoms with E-state index in [-0.39, 0.29) is 18.4 Å². The molecule has 0 radical (unpaired) electrons. The highest BCUT2D eigenvalue weighted by molar-refractivity contribution is 9.10. The van der Waals surface area contributed by atoms with Crippen LogP contribution in [0.5, 0.6) is 0 Å². The zero-order valence-electron chi connectivity index (χ0n) is 15.4. The van der Waals surface area contributed by atoms with Gasteiger partial charge < -0.3 is 15.5 Å². The van der Waals surface area contributed by atoms with Crippen LogP contribution >= 0.6 is 15.9 Å². The van der Waals surface area contributed by atoms with E-state index in [4.69, 9.17) is 0 Å². The Labute approximate surface area is 162 Å². The standard InChI is InChI=1S/C20H24BrN3O2/c1-14-5-4-6-18(15(14)2)23-19(25)11-22-20(26)13-24(3)12-16-7-9-17(21)10-8-16/h4-10H,11-13H2,1-3H3,(H,22,26)(H,23,25)/p+1. The Morgan fingerprint density at radius 2 is 1.73 bits per heavy atom. The summed E-state index contributed by atoms with van der Waals surface area (Å²) in [7, 11) is 1.96. The summed E-state index contributed by atoms with van der Waals surface area (Å²) >= 11 is 3.41. The minimum absolute atomic E-state index is 0.0300. The third kappa shape index (κ3) is 6.28. The van der Waals surface area contributed by atoms with E-state index in [1.807, 2.05) is 63.4 Å². The topological polar surface area (TPSA) is 62.6 Å². The van der Waals surface area contributed by atoms with Crippen LogP contribution in [0.4, 0.5) is 5.69 Å². The molecule has 26 heavy (non-hydrogen) atoms. The Kier molecular flexibility index (Phi) is 7.36. The quantitative estimate of drug-likeness (QED) is 0.642. The maximum atomic E-state index is 12.1. The molecule has 2 amide bonds. The molecule has 0 aliphatic rings. The van der Waals surface area contributed by atoms with E-state index in [2.05, 4.69) is 26.6 Å². The number of halogens is 1. The van der Waals surface area contributed by atoms with Crippen LogP contribution in [0.25, 0.3) is 0 Å². The van der Waals surface area contributed by atoms with Gasteiger partial charge in [-0.05, 0) is 43.2 Å². The van der Waals surface area contributed by atoms with E-state index < -0.39 is 0 Å². The minimum Gasteiger partial charge on any atom is -0.342 e. The fourth-order valence-electron chi connectivity index (χ4n) is 2.61. The lowest BCUT2D eigenvalue weighted by molar-refractivity contribution is -0.885. The van der Waals surface area contributed by atoms with Gasteiger partial charge in [0.25, 0.3) is 5.91 Å². The van der Waals surface area contributed by atoms with Crippen LogP contribution in [0.3, 0.4) is 0 Å². The van der Waals surface area contributed by atoms with E-state index in [1.165, 1.54) is 0 Å². The predicted octanol–water partition coefficient (Wildman–Crippen LogP) is 1.84. The summed E-state index contributed by atoms with van der Waals surface area (Å²) in [5, 5.41) is 5.52. The van der Waals surface area contributed by atoms with Gasteiger partial charge in [0.05, 0.1) is 13.6 Å². The van der Waals surface area contributed by atoms with Gasteiger partial charge in [0.15, 0.2) is 6.54 Å². The number of amides is 2. The Morgan fingerprint density at radius 1 is 1.04 bits per heavy atom. The van der Waals surface area contributed by atoms with Gasteiger partial charge in [-0.1, -0.05) is 40.2 Å². The normalized spacial score (nSPS) is 11.7. The summed E-state index contributed by atoms with van der Waals surface area (Å²) < 4.78 is 1.03.